The zero-order valence-corrected chi connectivity index (χ0v) is 15.5. The summed E-state index contributed by atoms with van der Waals surface area (Å²) in [5, 5.41) is 9.29. The van der Waals surface area contributed by atoms with Gasteiger partial charge in [0.05, 0.1) is 6.61 Å². The molecule has 0 radical (unpaired) electrons. The molecule has 0 spiro atoms. The topological polar surface area (TPSA) is 29.5 Å². The van der Waals surface area contributed by atoms with E-state index >= 15 is 0 Å². The molecular weight excluding hydrogens is 280 g/mol. The Morgan fingerprint density at radius 3 is 1.76 bits per heavy atom. The van der Waals surface area contributed by atoms with Gasteiger partial charge in [-0.15, -0.1) is 0 Å². The average Bonchev–Trinajstić information content (AvgIpc) is 2.50. The number of unbranched alkanes of at least 4 members (excludes halogenated alkanes) is 9. The van der Waals surface area contributed by atoms with Gasteiger partial charge in [0.2, 0.25) is 5.12 Å². The number of ether oxygens (including phenoxy) is 1. The van der Waals surface area contributed by atoms with Crippen LogP contribution >= 0.6 is 11.8 Å². The van der Waals surface area contributed by atoms with Gasteiger partial charge in [-0.05, 0) is 18.6 Å². The summed E-state index contributed by atoms with van der Waals surface area (Å²) in [5.74, 6) is 1.00. The lowest BCUT2D eigenvalue weighted by Gasteiger charge is -2.26. The Bertz CT molecular complexity index is 211. The van der Waals surface area contributed by atoms with Crippen LogP contribution in [0.4, 0.5) is 0 Å². The van der Waals surface area contributed by atoms with E-state index in [9.17, 15) is 5.11 Å². The summed E-state index contributed by atoms with van der Waals surface area (Å²) in [6, 6.07) is 0. The van der Waals surface area contributed by atoms with Crippen molar-refractivity contribution in [2.75, 3.05) is 12.4 Å². The lowest BCUT2D eigenvalue weighted by atomic mass is 10.1. The van der Waals surface area contributed by atoms with E-state index in [-0.39, 0.29) is 0 Å². The van der Waals surface area contributed by atoms with Crippen molar-refractivity contribution >= 4 is 11.8 Å². The summed E-state index contributed by atoms with van der Waals surface area (Å²) in [7, 11) is 0. The molecule has 0 rings (SSSR count). The van der Waals surface area contributed by atoms with Crippen LogP contribution in [0.25, 0.3) is 0 Å². The molecule has 0 aromatic rings. The van der Waals surface area contributed by atoms with Crippen LogP contribution in [-0.4, -0.2) is 22.6 Å². The molecule has 0 aliphatic rings. The Labute approximate surface area is 137 Å². The Morgan fingerprint density at radius 2 is 1.29 bits per heavy atom. The van der Waals surface area contributed by atoms with Gasteiger partial charge in [-0.3, -0.25) is 0 Å². The van der Waals surface area contributed by atoms with Crippen LogP contribution in [0.2, 0.25) is 0 Å². The molecule has 3 heteroatoms. The number of hydrogen-bond acceptors (Lipinski definition) is 3. The zero-order valence-electron chi connectivity index (χ0n) is 14.7. The summed E-state index contributed by atoms with van der Waals surface area (Å²) >= 11 is 1.57. The third kappa shape index (κ3) is 13.6. The Balaban J connectivity index is 3.34. The molecule has 2 nitrogen and oxygen atoms in total. The van der Waals surface area contributed by atoms with Crippen molar-refractivity contribution < 1.29 is 9.84 Å². The van der Waals surface area contributed by atoms with E-state index in [1.54, 1.807) is 11.8 Å². The van der Waals surface area contributed by atoms with Crippen LogP contribution in [-0.2, 0) is 4.74 Å². The first kappa shape index (κ1) is 21.3. The number of thioether (sulfide) groups is 1. The maximum Gasteiger partial charge on any atom is 0.215 e. The molecule has 0 aromatic carbocycles. The lowest BCUT2D eigenvalue weighted by Crippen LogP contribution is -2.28. The van der Waals surface area contributed by atoms with Crippen LogP contribution in [0, 0.1) is 0 Å². The van der Waals surface area contributed by atoms with Crippen LogP contribution in [0.5, 0.6) is 0 Å². The summed E-state index contributed by atoms with van der Waals surface area (Å²) in [5.41, 5.74) is 0. The summed E-state index contributed by atoms with van der Waals surface area (Å²) in [6.07, 6.45) is 15.2. The van der Waals surface area contributed by atoms with Gasteiger partial charge in [-0.2, -0.15) is 0 Å². The van der Waals surface area contributed by atoms with Gasteiger partial charge in [0.25, 0.3) is 0 Å². The molecule has 0 aliphatic heterocycles. The Morgan fingerprint density at radius 1 is 0.762 bits per heavy atom. The molecule has 128 valence electrons. The predicted molar refractivity (Wildman–Crippen MR) is 95.8 cm³/mol. The van der Waals surface area contributed by atoms with Crippen molar-refractivity contribution in [3.05, 3.63) is 0 Å². The van der Waals surface area contributed by atoms with E-state index in [4.69, 9.17) is 4.74 Å². The number of hydrogen-bond donors (Lipinski definition) is 1. The second-order valence-electron chi connectivity index (χ2n) is 5.95. The molecule has 0 fully saturated rings. The van der Waals surface area contributed by atoms with Crippen molar-refractivity contribution in [3.63, 3.8) is 0 Å². The van der Waals surface area contributed by atoms with Crippen LogP contribution in [0.3, 0.4) is 0 Å². The Hall–Kier alpha value is 0.270. The minimum absolute atomic E-state index is 0.648. The Kier molecular flexibility index (Phi) is 15.4. The van der Waals surface area contributed by atoms with Crippen LogP contribution < -0.4 is 0 Å². The van der Waals surface area contributed by atoms with Crippen molar-refractivity contribution in [1.82, 2.24) is 0 Å². The van der Waals surface area contributed by atoms with Crippen molar-refractivity contribution in [2.24, 2.45) is 0 Å². The monoisotopic (exact) mass is 318 g/mol. The minimum atomic E-state index is -0.949. The fourth-order valence-corrected chi connectivity index (χ4v) is 3.37. The summed E-state index contributed by atoms with van der Waals surface area (Å²) in [4.78, 5) is 0. The SMILES string of the molecule is CCCCCCCCCCCCSC(O)(CC)OCCC. The van der Waals surface area contributed by atoms with E-state index in [0.717, 1.165) is 12.2 Å². The molecule has 21 heavy (non-hydrogen) atoms. The summed E-state index contributed by atoms with van der Waals surface area (Å²) in [6.45, 7) is 6.98. The van der Waals surface area contributed by atoms with E-state index in [0.29, 0.717) is 13.0 Å². The first-order chi connectivity index (χ1) is 10.2. The molecule has 1 unspecified atom stereocenters. The normalized spacial score (nSPS) is 14.3. The second kappa shape index (κ2) is 15.2. The molecule has 0 saturated heterocycles. The number of rotatable bonds is 16. The van der Waals surface area contributed by atoms with Crippen molar-refractivity contribution in [2.45, 2.75) is 103 Å². The first-order valence-corrected chi connectivity index (χ1v) is 10.2. The molecular formula is C18H38O2S. The van der Waals surface area contributed by atoms with Crippen molar-refractivity contribution in [1.29, 1.82) is 0 Å². The maximum absolute atomic E-state index is 10.2. The molecule has 0 aliphatic carbocycles. The first-order valence-electron chi connectivity index (χ1n) is 9.18. The molecule has 0 heterocycles. The third-order valence-electron chi connectivity index (χ3n) is 3.80. The molecule has 1 N–H and O–H groups in total. The molecule has 0 amide bonds. The third-order valence-corrected chi connectivity index (χ3v) is 5.15. The van der Waals surface area contributed by atoms with Gasteiger partial charge in [0.15, 0.2) is 0 Å². The van der Waals surface area contributed by atoms with E-state index in [1.807, 2.05) is 6.92 Å². The minimum Gasteiger partial charge on any atom is -0.357 e. The summed E-state index contributed by atoms with van der Waals surface area (Å²) < 4.78 is 5.54. The fourth-order valence-electron chi connectivity index (χ4n) is 2.33. The molecule has 0 saturated carbocycles. The van der Waals surface area contributed by atoms with E-state index in [1.165, 1.54) is 64.2 Å². The largest absolute Gasteiger partial charge is 0.357 e. The van der Waals surface area contributed by atoms with Crippen LogP contribution in [0.1, 0.15) is 97.8 Å². The van der Waals surface area contributed by atoms with Crippen LogP contribution in [0.15, 0.2) is 0 Å². The van der Waals surface area contributed by atoms with E-state index < -0.39 is 5.12 Å². The molecule has 0 aromatic heterocycles. The fraction of sp³-hybridized carbons (Fsp3) is 1.00. The standard InChI is InChI=1S/C18H38O2S/c1-4-7-8-9-10-11-12-13-14-15-17-21-18(19,6-3)20-16-5-2/h19H,4-17H2,1-3H3. The van der Waals surface area contributed by atoms with Gasteiger partial charge in [-0.1, -0.05) is 90.3 Å². The molecule has 1 atom stereocenters. The van der Waals surface area contributed by atoms with Gasteiger partial charge < -0.3 is 9.84 Å². The van der Waals surface area contributed by atoms with Gasteiger partial charge in [0, 0.05) is 6.42 Å². The van der Waals surface area contributed by atoms with Gasteiger partial charge >= 0.3 is 0 Å². The van der Waals surface area contributed by atoms with Crippen molar-refractivity contribution in [3.8, 4) is 0 Å². The van der Waals surface area contributed by atoms with Gasteiger partial charge in [-0.25, -0.2) is 0 Å². The highest BCUT2D eigenvalue weighted by Crippen LogP contribution is 2.28. The van der Waals surface area contributed by atoms with Gasteiger partial charge in [0.1, 0.15) is 0 Å². The maximum atomic E-state index is 10.2. The second-order valence-corrected chi connectivity index (χ2v) is 7.28. The smallest absolute Gasteiger partial charge is 0.215 e. The highest BCUT2D eigenvalue weighted by atomic mass is 32.2. The highest BCUT2D eigenvalue weighted by Gasteiger charge is 2.25. The highest BCUT2D eigenvalue weighted by molar-refractivity contribution is 8.00. The predicted octanol–water partition coefficient (Wildman–Crippen LogP) is 6.12. The quantitative estimate of drug-likeness (QED) is 0.274. The average molecular weight is 319 g/mol. The number of aliphatic hydroxyl groups is 1. The molecule has 0 bridgehead atoms. The van der Waals surface area contributed by atoms with E-state index in [2.05, 4.69) is 13.8 Å². The lowest BCUT2D eigenvalue weighted by molar-refractivity contribution is -0.131. The zero-order chi connectivity index (χ0) is 15.8.